The first-order chi connectivity index (χ1) is 12.4. The Morgan fingerprint density at radius 2 is 1.81 bits per heavy atom. The number of aryl methyl sites for hydroxylation is 4. The average molecular weight is 355 g/mol. The molecule has 0 heterocycles. The molecule has 4 nitrogen and oxygen atoms in total. The third-order valence-electron chi connectivity index (χ3n) is 4.49. The summed E-state index contributed by atoms with van der Waals surface area (Å²) in [5.41, 5.74) is 4.67. The van der Waals surface area contributed by atoms with Gasteiger partial charge in [-0.15, -0.1) is 0 Å². The van der Waals surface area contributed by atoms with Gasteiger partial charge in [-0.3, -0.25) is 4.79 Å². The zero-order valence-electron chi connectivity index (χ0n) is 16.4. The summed E-state index contributed by atoms with van der Waals surface area (Å²) < 4.78 is 11.0. The highest BCUT2D eigenvalue weighted by Gasteiger charge is 2.09. The van der Waals surface area contributed by atoms with E-state index in [0.29, 0.717) is 19.4 Å². The molecule has 2 aromatic rings. The minimum Gasteiger partial charge on any atom is -0.496 e. The van der Waals surface area contributed by atoms with Crippen molar-refractivity contribution in [1.82, 2.24) is 5.32 Å². The quantitative estimate of drug-likeness (QED) is 0.774. The Bertz CT molecular complexity index is 755. The summed E-state index contributed by atoms with van der Waals surface area (Å²) in [7, 11) is 1.66. The lowest BCUT2D eigenvalue weighted by Gasteiger charge is -2.16. The van der Waals surface area contributed by atoms with E-state index < -0.39 is 0 Å². The molecule has 0 aliphatic heterocycles. The van der Waals surface area contributed by atoms with E-state index in [1.165, 1.54) is 11.1 Å². The van der Waals surface area contributed by atoms with Crippen molar-refractivity contribution in [3.63, 3.8) is 0 Å². The van der Waals surface area contributed by atoms with Crippen molar-refractivity contribution in [2.45, 2.75) is 46.6 Å². The third kappa shape index (κ3) is 5.80. The largest absolute Gasteiger partial charge is 0.496 e. The molecule has 2 rings (SSSR count). The lowest BCUT2D eigenvalue weighted by molar-refractivity contribution is -0.121. The SMILES string of the molecule is COc1ccc(CCC(=O)N[C@H](C)COc2ccc(C)c(C)c2)cc1C. The second kappa shape index (κ2) is 9.27. The fraction of sp³-hybridized carbons (Fsp3) is 0.409. The molecule has 140 valence electrons. The van der Waals surface area contributed by atoms with Gasteiger partial charge in [-0.2, -0.15) is 0 Å². The predicted molar refractivity (Wildman–Crippen MR) is 105 cm³/mol. The van der Waals surface area contributed by atoms with Gasteiger partial charge >= 0.3 is 0 Å². The average Bonchev–Trinajstić information content (AvgIpc) is 2.61. The summed E-state index contributed by atoms with van der Waals surface area (Å²) in [6.45, 7) is 8.56. The van der Waals surface area contributed by atoms with Crippen LogP contribution in [0.25, 0.3) is 0 Å². The lowest BCUT2D eigenvalue weighted by Crippen LogP contribution is -2.36. The van der Waals surface area contributed by atoms with Crippen LogP contribution in [0.3, 0.4) is 0 Å². The highest BCUT2D eigenvalue weighted by Crippen LogP contribution is 2.19. The second-order valence-corrected chi connectivity index (χ2v) is 6.83. The van der Waals surface area contributed by atoms with Crippen molar-refractivity contribution in [2.75, 3.05) is 13.7 Å². The minimum absolute atomic E-state index is 0.0367. The van der Waals surface area contributed by atoms with Gasteiger partial charge in [0.1, 0.15) is 18.1 Å². The van der Waals surface area contributed by atoms with Crippen LogP contribution in [0.1, 0.15) is 35.6 Å². The maximum absolute atomic E-state index is 12.2. The molecular weight excluding hydrogens is 326 g/mol. The number of carbonyl (C=O) groups is 1. The highest BCUT2D eigenvalue weighted by atomic mass is 16.5. The molecule has 0 saturated carbocycles. The van der Waals surface area contributed by atoms with E-state index in [1.54, 1.807) is 7.11 Å². The molecule has 0 unspecified atom stereocenters. The smallest absolute Gasteiger partial charge is 0.220 e. The Labute approximate surface area is 156 Å². The summed E-state index contributed by atoms with van der Waals surface area (Å²) in [6, 6.07) is 12.0. The van der Waals surface area contributed by atoms with E-state index in [9.17, 15) is 4.79 Å². The number of methoxy groups -OCH3 is 1. The zero-order valence-corrected chi connectivity index (χ0v) is 16.4. The van der Waals surface area contributed by atoms with Crippen LogP contribution >= 0.6 is 0 Å². The van der Waals surface area contributed by atoms with Crippen molar-refractivity contribution in [2.24, 2.45) is 0 Å². The molecule has 1 amide bonds. The normalized spacial score (nSPS) is 11.7. The zero-order chi connectivity index (χ0) is 19.1. The molecule has 0 aromatic heterocycles. The van der Waals surface area contributed by atoms with Gasteiger partial charge < -0.3 is 14.8 Å². The fourth-order valence-corrected chi connectivity index (χ4v) is 2.77. The standard InChI is InChI=1S/C22H29NO3/c1-15-6-9-20(13-16(15)2)26-14-18(4)23-22(24)11-8-19-7-10-21(25-5)17(3)12-19/h6-7,9-10,12-13,18H,8,11,14H2,1-5H3,(H,23,24)/t18-/m1/s1. The van der Waals surface area contributed by atoms with Crippen LogP contribution in [0.15, 0.2) is 36.4 Å². The van der Waals surface area contributed by atoms with E-state index >= 15 is 0 Å². The molecule has 1 N–H and O–H groups in total. The molecule has 4 heteroatoms. The van der Waals surface area contributed by atoms with Crippen molar-refractivity contribution >= 4 is 5.91 Å². The van der Waals surface area contributed by atoms with E-state index in [2.05, 4.69) is 25.2 Å². The Morgan fingerprint density at radius 3 is 2.46 bits per heavy atom. The topological polar surface area (TPSA) is 47.6 Å². The Kier molecular flexibility index (Phi) is 7.07. The maximum atomic E-state index is 12.2. The van der Waals surface area contributed by atoms with E-state index in [0.717, 1.165) is 22.6 Å². The first-order valence-corrected chi connectivity index (χ1v) is 9.02. The second-order valence-electron chi connectivity index (χ2n) is 6.83. The number of amides is 1. The number of hydrogen-bond donors (Lipinski definition) is 1. The van der Waals surface area contributed by atoms with E-state index in [1.807, 2.05) is 44.2 Å². The number of ether oxygens (including phenoxy) is 2. The summed E-state index contributed by atoms with van der Waals surface area (Å²) in [6.07, 6.45) is 1.17. The van der Waals surface area contributed by atoms with Crippen LogP contribution in [0, 0.1) is 20.8 Å². The molecule has 0 aliphatic rings. The van der Waals surface area contributed by atoms with E-state index in [4.69, 9.17) is 9.47 Å². The van der Waals surface area contributed by atoms with Crippen molar-refractivity contribution in [3.05, 3.63) is 58.7 Å². The van der Waals surface area contributed by atoms with Crippen molar-refractivity contribution in [3.8, 4) is 11.5 Å². The van der Waals surface area contributed by atoms with Crippen LogP contribution in [0.2, 0.25) is 0 Å². The summed E-state index contributed by atoms with van der Waals surface area (Å²) in [4.78, 5) is 12.2. The highest BCUT2D eigenvalue weighted by molar-refractivity contribution is 5.76. The van der Waals surface area contributed by atoms with Gasteiger partial charge in [-0.05, 0) is 74.6 Å². The number of hydrogen-bond acceptors (Lipinski definition) is 3. The molecule has 0 saturated heterocycles. The Balaban J connectivity index is 1.76. The minimum atomic E-state index is -0.0401. The van der Waals surface area contributed by atoms with Crippen LogP contribution in [-0.4, -0.2) is 25.7 Å². The molecule has 2 aromatic carbocycles. The van der Waals surface area contributed by atoms with Gasteiger partial charge in [-0.1, -0.05) is 18.2 Å². The Morgan fingerprint density at radius 1 is 1.04 bits per heavy atom. The number of nitrogens with one attached hydrogen (secondary N) is 1. The molecule has 1 atom stereocenters. The van der Waals surface area contributed by atoms with Crippen LogP contribution in [-0.2, 0) is 11.2 Å². The number of benzene rings is 2. The first kappa shape index (κ1) is 19.8. The predicted octanol–water partition coefficient (Wildman–Crippen LogP) is 4.14. The molecule has 26 heavy (non-hydrogen) atoms. The molecule has 0 fully saturated rings. The first-order valence-electron chi connectivity index (χ1n) is 9.02. The monoisotopic (exact) mass is 355 g/mol. The summed E-state index contributed by atoms with van der Waals surface area (Å²) in [5, 5.41) is 2.99. The van der Waals surface area contributed by atoms with Crippen molar-refractivity contribution < 1.29 is 14.3 Å². The van der Waals surface area contributed by atoms with Crippen LogP contribution in [0.5, 0.6) is 11.5 Å². The summed E-state index contributed by atoms with van der Waals surface area (Å²) in [5.74, 6) is 1.74. The van der Waals surface area contributed by atoms with Gasteiger partial charge in [0.05, 0.1) is 13.2 Å². The van der Waals surface area contributed by atoms with Gasteiger partial charge in [-0.25, -0.2) is 0 Å². The molecule has 0 bridgehead atoms. The third-order valence-corrected chi connectivity index (χ3v) is 4.49. The molecule has 0 radical (unpaired) electrons. The Hall–Kier alpha value is -2.49. The van der Waals surface area contributed by atoms with Crippen LogP contribution in [0.4, 0.5) is 0 Å². The lowest BCUT2D eigenvalue weighted by atomic mass is 10.1. The molecule has 0 spiro atoms. The van der Waals surface area contributed by atoms with Gasteiger partial charge in [0.2, 0.25) is 5.91 Å². The fourth-order valence-electron chi connectivity index (χ4n) is 2.77. The molecular formula is C22H29NO3. The van der Waals surface area contributed by atoms with Crippen LogP contribution < -0.4 is 14.8 Å². The summed E-state index contributed by atoms with van der Waals surface area (Å²) >= 11 is 0. The number of carbonyl (C=O) groups excluding carboxylic acids is 1. The van der Waals surface area contributed by atoms with Crippen molar-refractivity contribution in [1.29, 1.82) is 0 Å². The van der Waals surface area contributed by atoms with E-state index in [-0.39, 0.29) is 11.9 Å². The molecule has 0 aliphatic carbocycles. The van der Waals surface area contributed by atoms with Gasteiger partial charge in [0.25, 0.3) is 0 Å². The maximum Gasteiger partial charge on any atom is 0.220 e. The van der Waals surface area contributed by atoms with Gasteiger partial charge in [0, 0.05) is 6.42 Å². The number of rotatable bonds is 8. The van der Waals surface area contributed by atoms with Gasteiger partial charge in [0.15, 0.2) is 0 Å².